The van der Waals surface area contributed by atoms with Gasteiger partial charge in [0.1, 0.15) is 5.00 Å². The van der Waals surface area contributed by atoms with Crippen molar-refractivity contribution >= 4 is 39.5 Å². The molecule has 0 aliphatic heterocycles. The number of carbonyl (C=O) groups is 2. The Morgan fingerprint density at radius 1 is 1.40 bits per heavy atom. The van der Waals surface area contributed by atoms with Crippen molar-refractivity contribution < 1.29 is 9.59 Å². The Kier molecular flexibility index (Phi) is 5.02. The van der Waals surface area contributed by atoms with E-state index < -0.39 is 5.91 Å². The number of thiophene rings is 2. The predicted molar refractivity (Wildman–Crippen MR) is 105 cm³/mol. The number of nitrogens with one attached hydrogen (secondary N) is 1. The van der Waals surface area contributed by atoms with Gasteiger partial charge in [0.15, 0.2) is 0 Å². The lowest BCUT2D eigenvalue weighted by molar-refractivity contribution is 0.0999. The first-order chi connectivity index (χ1) is 11.8. The fourth-order valence-electron chi connectivity index (χ4n) is 3.46. The number of hydrogen-bond acceptors (Lipinski definition) is 4. The number of amides is 2. The van der Waals surface area contributed by atoms with Crippen molar-refractivity contribution in [2.45, 2.75) is 46.5 Å². The normalized spacial score (nSPS) is 17.2. The molecule has 0 radical (unpaired) electrons. The third-order valence-corrected chi connectivity index (χ3v) is 7.54. The van der Waals surface area contributed by atoms with Crippen molar-refractivity contribution in [1.29, 1.82) is 0 Å². The van der Waals surface area contributed by atoms with Crippen molar-refractivity contribution in [3.8, 4) is 0 Å². The molecule has 0 bridgehead atoms. The summed E-state index contributed by atoms with van der Waals surface area (Å²) in [5, 5.41) is 5.37. The molecule has 0 aromatic carbocycles. The van der Waals surface area contributed by atoms with E-state index in [4.69, 9.17) is 5.73 Å². The summed E-state index contributed by atoms with van der Waals surface area (Å²) in [7, 11) is 0. The molecule has 4 nitrogen and oxygen atoms in total. The fraction of sp³-hybridized carbons (Fsp3) is 0.474. The van der Waals surface area contributed by atoms with E-state index in [1.807, 2.05) is 11.4 Å². The zero-order valence-electron chi connectivity index (χ0n) is 14.8. The van der Waals surface area contributed by atoms with Crippen LogP contribution in [0.1, 0.15) is 64.1 Å². The number of fused-ring (bicyclic) bond motifs is 1. The molecule has 3 rings (SSSR count). The highest BCUT2D eigenvalue weighted by molar-refractivity contribution is 7.17. The number of hydrogen-bond donors (Lipinski definition) is 2. The summed E-state index contributed by atoms with van der Waals surface area (Å²) in [5.41, 5.74) is 7.47. The Morgan fingerprint density at radius 2 is 2.16 bits per heavy atom. The standard InChI is InChI=1S/C19H24N2O2S2/c1-4-19(2,3)11-7-8-12-14(10-11)25-18(15(12)16(20)22)21-17(23)13-6-5-9-24-13/h5-6,9,11H,4,7-8,10H2,1-3H3,(H2,20,22)(H,21,23)/t11-/m1/s1. The molecule has 2 aromatic rings. The smallest absolute Gasteiger partial charge is 0.266 e. The maximum Gasteiger partial charge on any atom is 0.266 e. The van der Waals surface area contributed by atoms with E-state index in [2.05, 4.69) is 26.1 Å². The summed E-state index contributed by atoms with van der Waals surface area (Å²) < 4.78 is 0. The van der Waals surface area contributed by atoms with E-state index in [1.54, 1.807) is 6.07 Å². The molecule has 0 saturated heterocycles. The minimum atomic E-state index is -0.452. The zero-order chi connectivity index (χ0) is 18.2. The molecule has 0 unspecified atom stereocenters. The summed E-state index contributed by atoms with van der Waals surface area (Å²) in [6.07, 6.45) is 4.00. The van der Waals surface area contributed by atoms with E-state index >= 15 is 0 Å². The zero-order valence-corrected chi connectivity index (χ0v) is 16.5. The maximum absolute atomic E-state index is 12.4. The van der Waals surface area contributed by atoms with Gasteiger partial charge in [-0.15, -0.1) is 22.7 Å². The molecule has 2 heterocycles. The third-order valence-electron chi connectivity index (χ3n) is 5.50. The highest BCUT2D eigenvalue weighted by Crippen LogP contribution is 2.45. The molecular weight excluding hydrogens is 352 g/mol. The second-order valence-electron chi connectivity index (χ2n) is 7.29. The van der Waals surface area contributed by atoms with Gasteiger partial charge >= 0.3 is 0 Å². The number of rotatable bonds is 5. The molecule has 0 fully saturated rings. The minimum absolute atomic E-state index is 0.179. The summed E-state index contributed by atoms with van der Waals surface area (Å²) in [6.45, 7) is 6.85. The van der Waals surface area contributed by atoms with Crippen molar-refractivity contribution in [3.05, 3.63) is 38.4 Å². The van der Waals surface area contributed by atoms with E-state index in [0.717, 1.165) is 31.2 Å². The van der Waals surface area contributed by atoms with Crippen LogP contribution in [0.5, 0.6) is 0 Å². The minimum Gasteiger partial charge on any atom is -0.365 e. The van der Waals surface area contributed by atoms with Gasteiger partial charge in [-0.1, -0.05) is 33.3 Å². The van der Waals surface area contributed by atoms with Crippen molar-refractivity contribution in [1.82, 2.24) is 0 Å². The van der Waals surface area contributed by atoms with Crippen LogP contribution >= 0.6 is 22.7 Å². The number of anilines is 1. The van der Waals surface area contributed by atoms with Crippen LogP contribution in [-0.4, -0.2) is 11.8 Å². The quantitative estimate of drug-likeness (QED) is 0.794. The Hall–Kier alpha value is -1.66. The summed E-state index contributed by atoms with van der Waals surface area (Å²) in [5.74, 6) is -0.0426. The Morgan fingerprint density at radius 3 is 2.76 bits per heavy atom. The highest BCUT2D eigenvalue weighted by Gasteiger charge is 2.35. The van der Waals surface area contributed by atoms with Gasteiger partial charge in [0.25, 0.3) is 11.8 Å². The lowest BCUT2D eigenvalue weighted by atomic mass is 9.69. The van der Waals surface area contributed by atoms with Crippen LogP contribution in [0.4, 0.5) is 5.00 Å². The largest absolute Gasteiger partial charge is 0.365 e. The van der Waals surface area contributed by atoms with E-state index in [-0.39, 0.29) is 11.3 Å². The van der Waals surface area contributed by atoms with Crippen molar-refractivity contribution in [3.63, 3.8) is 0 Å². The topological polar surface area (TPSA) is 72.2 Å². The number of nitrogens with two attached hydrogens (primary N) is 1. The van der Waals surface area contributed by atoms with Crippen LogP contribution < -0.4 is 11.1 Å². The second-order valence-corrected chi connectivity index (χ2v) is 9.34. The first-order valence-electron chi connectivity index (χ1n) is 8.62. The predicted octanol–water partition coefficient (Wildman–Crippen LogP) is 4.70. The molecule has 3 N–H and O–H groups in total. The van der Waals surface area contributed by atoms with E-state index in [1.165, 1.54) is 27.6 Å². The van der Waals surface area contributed by atoms with Crippen molar-refractivity contribution in [2.24, 2.45) is 17.1 Å². The van der Waals surface area contributed by atoms with Crippen LogP contribution in [0.2, 0.25) is 0 Å². The molecule has 2 amide bonds. The van der Waals surface area contributed by atoms with Gasteiger partial charge in [0.05, 0.1) is 10.4 Å². The molecule has 0 saturated carbocycles. The summed E-state index contributed by atoms with van der Waals surface area (Å²) in [6, 6.07) is 3.61. The Balaban J connectivity index is 1.91. The average Bonchev–Trinajstić information content (AvgIpc) is 3.21. The third kappa shape index (κ3) is 3.51. The molecule has 1 atom stereocenters. The Labute approximate surface area is 156 Å². The first-order valence-corrected chi connectivity index (χ1v) is 10.3. The molecule has 25 heavy (non-hydrogen) atoms. The lowest BCUT2D eigenvalue weighted by Gasteiger charge is -2.36. The van der Waals surface area contributed by atoms with E-state index in [0.29, 0.717) is 21.4 Å². The lowest BCUT2D eigenvalue weighted by Crippen LogP contribution is -2.29. The van der Waals surface area contributed by atoms with Gasteiger partial charge in [-0.2, -0.15) is 0 Å². The van der Waals surface area contributed by atoms with Gasteiger partial charge in [-0.25, -0.2) is 0 Å². The monoisotopic (exact) mass is 376 g/mol. The average molecular weight is 377 g/mol. The van der Waals surface area contributed by atoms with Crippen LogP contribution in [0.15, 0.2) is 17.5 Å². The molecular formula is C19H24N2O2S2. The van der Waals surface area contributed by atoms with Gasteiger partial charge < -0.3 is 11.1 Å². The fourth-order valence-corrected chi connectivity index (χ4v) is 5.41. The first kappa shape index (κ1) is 18.1. The van der Waals surface area contributed by atoms with Gasteiger partial charge in [0.2, 0.25) is 0 Å². The van der Waals surface area contributed by atoms with Gasteiger partial charge in [-0.05, 0) is 47.6 Å². The summed E-state index contributed by atoms with van der Waals surface area (Å²) in [4.78, 5) is 26.3. The number of primary amides is 1. The molecule has 2 aromatic heterocycles. The van der Waals surface area contributed by atoms with Crippen molar-refractivity contribution in [2.75, 3.05) is 5.32 Å². The van der Waals surface area contributed by atoms with Crippen LogP contribution in [0.3, 0.4) is 0 Å². The Bertz CT molecular complexity index is 791. The highest BCUT2D eigenvalue weighted by atomic mass is 32.1. The summed E-state index contributed by atoms with van der Waals surface area (Å²) >= 11 is 2.90. The number of carbonyl (C=O) groups excluding carboxylic acids is 2. The van der Waals surface area contributed by atoms with E-state index in [9.17, 15) is 9.59 Å². The second kappa shape index (κ2) is 6.92. The molecule has 0 spiro atoms. The SMILES string of the molecule is CCC(C)(C)[C@@H]1CCc2c(sc(NC(=O)c3cccs3)c2C(N)=O)C1. The molecule has 6 heteroatoms. The van der Waals surface area contributed by atoms with Crippen LogP contribution in [0, 0.1) is 11.3 Å². The molecule has 1 aliphatic carbocycles. The van der Waals surface area contributed by atoms with Crippen LogP contribution in [-0.2, 0) is 12.8 Å². The van der Waals surface area contributed by atoms with Gasteiger partial charge in [0, 0.05) is 4.88 Å². The van der Waals surface area contributed by atoms with Gasteiger partial charge in [-0.3, -0.25) is 9.59 Å². The maximum atomic E-state index is 12.4. The van der Waals surface area contributed by atoms with Crippen LogP contribution in [0.25, 0.3) is 0 Å². The molecule has 134 valence electrons. The molecule has 1 aliphatic rings.